The first kappa shape index (κ1) is 17.0. The predicted molar refractivity (Wildman–Crippen MR) is 95.0 cm³/mol. The molecular formula is C16H14BClFNO3S. The lowest BCUT2D eigenvalue weighted by Gasteiger charge is -2.29. The maximum atomic E-state index is 14.6. The van der Waals surface area contributed by atoms with Crippen molar-refractivity contribution in [3.05, 3.63) is 44.6 Å². The zero-order valence-electron chi connectivity index (χ0n) is 13.3. The third-order valence-corrected chi connectivity index (χ3v) is 5.13. The van der Waals surface area contributed by atoms with E-state index in [0.29, 0.717) is 10.6 Å². The Bertz CT molecular complexity index is 878. The van der Waals surface area contributed by atoms with E-state index in [0.717, 1.165) is 6.07 Å². The van der Waals surface area contributed by atoms with Crippen molar-refractivity contribution in [3.63, 3.8) is 0 Å². The fraction of sp³-hybridized carbons (Fsp3) is 0.250. The Kier molecular flexibility index (Phi) is 4.17. The van der Waals surface area contributed by atoms with Gasteiger partial charge in [0.25, 0.3) is 0 Å². The van der Waals surface area contributed by atoms with Crippen molar-refractivity contribution in [1.82, 2.24) is 4.98 Å². The Balaban J connectivity index is 2.37. The highest BCUT2D eigenvalue weighted by molar-refractivity contribution is 7.11. The summed E-state index contributed by atoms with van der Waals surface area (Å²) < 4.78 is 20.0. The van der Waals surface area contributed by atoms with E-state index in [1.165, 1.54) is 17.4 Å². The lowest BCUT2D eigenvalue weighted by atomic mass is 9.74. The topological polar surface area (TPSA) is 59.4 Å². The molecule has 8 heteroatoms. The number of rotatable bonds is 3. The number of carbonyl (C=O) groups excluding carboxylic acids is 1. The molecule has 0 radical (unpaired) electrons. The third-order valence-electron chi connectivity index (χ3n) is 4.00. The molecule has 0 saturated heterocycles. The second kappa shape index (κ2) is 5.90. The summed E-state index contributed by atoms with van der Waals surface area (Å²) in [6.45, 7) is 3.64. The monoisotopic (exact) mass is 365 g/mol. The fourth-order valence-corrected chi connectivity index (χ4v) is 3.89. The van der Waals surface area contributed by atoms with Gasteiger partial charge in [-0.15, -0.1) is 11.3 Å². The summed E-state index contributed by atoms with van der Waals surface area (Å²) in [5, 5.41) is 10.8. The highest BCUT2D eigenvalue weighted by atomic mass is 35.5. The van der Waals surface area contributed by atoms with Gasteiger partial charge in [0, 0.05) is 0 Å². The number of hydrogen-bond acceptors (Lipinski definition) is 5. The third kappa shape index (κ3) is 2.34. The van der Waals surface area contributed by atoms with Gasteiger partial charge in [-0.3, -0.25) is 4.79 Å². The smallest absolute Gasteiger partial charge is 0.179 e. The van der Waals surface area contributed by atoms with Crippen LogP contribution in [0.15, 0.2) is 17.6 Å². The van der Waals surface area contributed by atoms with Crippen LogP contribution >= 0.6 is 22.9 Å². The average molecular weight is 366 g/mol. The van der Waals surface area contributed by atoms with E-state index in [1.54, 1.807) is 27.2 Å². The molecule has 2 aromatic rings. The van der Waals surface area contributed by atoms with Crippen molar-refractivity contribution >= 4 is 47.9 Å². The number of ether oxygens (including phenoxy) is 1. The number of ketones is 1. The predicted octanol–water partition coefficient (Wildman–Crippen LogP) is 3.19. The number of thiazole rings is 1. The van der Waals surface area contributed by atoms with Crippen molar-refractivity contribution < 1.29 is 19.0 Å². The maximum Gasteiger partial charge on any atom is 0.179 e. The van der Waals surface area contributed by atoms with Gasteiger partial charge in [-0.05, 0) is 26.0 Å². The van der Waals surface area contributed by atoms with E-state index in [4.69, 9.17) is 16.3 Å². The van der Waals surface area contributed by atoms with Crippen LogP contribution in [0.2, 0.25) is 5.02 Å². The first-order valence-corrected chi connectivity index (χ1v) is 8.60. The quantitative estimate of drug-likeness (QED) is 0.849. The summed E-state index contributed by atoms with van der Waals surface area (Å²) in [6, 6.07) is 2.52. The Morgan fingerprint density at radius 3 is 2.83 bits per heavy atom. The molecule has 1 aromatic heterocycles. The van der Waals surface area contributed by atoms with Gasteiger partial charge >= 0.3 is 0 Å². The molecule has 1 aliphatic rings. The molecule has 1 aromatic carbocycles. The highest BCUT2D eigenvalue weighted by Gasteiger charge is 2.45. The number of aromatic nitrogens is 1. The molecule has 1 aliphatic carbocycles. The molecule has 1 N–H and O–H groups in total. The van der Waals surface area contributed by atoms with Crippen LogP contribution in [-0.2, 0) is 10.2 Å². The molecule has 0 fully saturated rings. The van der Waals surface area contributed by atoms with Gasteiger partial charge in [-0.1, -0.05) is 11.6 Å². The number of aliphatic hydroxyl groups is 1. The molecule has 4 nitrogen and oxygen atoms in total. The molecule has 0 atom stereocenters. The number of halogens is 2. The number of nitrogens with zero attached hydrogens (tertiary/aromatic N) is 1. The van der Waals surface area contributed by atoms with Crippen LogP contribution in [0.5, 0.6) is 5.75 Å². The molecule has 0 spiro atoms. The van der Waals surface area contributed by atoms with Crippen LogP contribution in [0, 0.1) is 5.82 Å². The maximum absolute atomic E-state index is 14.6. The summed E-state index contributed by atoms with van der Waals surface area (Å²) >= 11 is 7.33. The Hall–Kier alpha value is -1.86. The number of benzene rings is 1. The summed E-state index contributed by atoms with van der Waals surface area (Å²) in [5.41, 5.74) is 0.810. The van der Waals surface area contributed by atoms with E-state index >= 15 is 0 Å². The zero-order chi connectivity index (χ0) is 17.6. The lowest BCUT2D eigenvalue weighted by Crippen LogP contribution is -2.35. The molecule has 0 unspecified atom stereocenters. The average Bonchev–Trinajstić information content (AvgIpc) is 3.03. The molecule has 24 heavy (non-hydrogen) atoms. The molecule has 0 saturated carbocycles. The lowest BCUT2D eigenvalue weighted by molar-refractivity contribution is -0.118. The van der Waals surface area contributed by atoms with Crippen LogP contribution in [-0.4, -0.2) is 30.2 Å². The van der Waals surface area contributed by atoms with Crippen LogP contribution in [0.3, 0.4) is 0 Å². The molecule has 0 aliphatic heterocycles. The number of carbonyl (C=O) groups is 1. The van der Waals surface area contributed by atoms with Gasteiger partial charge in [0.1, 0.15) is 17.3 Å². The molecule has 0 bridgehead atoms. The first-order valence-electron chi connectivity index (χ1n) is 7.34. The fourth-order valence-electron chi connectivity index (χ4n) is 2.78. The number of Topliss-reactive ketones (excluding diaryl/α,β-unsaturated/α-hetero) is 1. The van der Waals surface area contributed by atoms with E-state index in [2.05, 4.69) is 4.98 Å². The van der Waals surface area contributed by atoms with Crippen molar-refractivity contribution in [2.45, 2.75) is 19.3 Å². The molecule has 1 heterocycles. The summed E-state index contributed by atoms with van der Waals surface area (Å²) in [4.78, 5) is 17.7. The van der Waals surface area contributed by atoms with Crippen LogP contribution in [0.25, 0.3) is 11.3 Å². The van der Waals surface area contributed by atoms with E-state index in [-0.39, 0.29) is 34.2 Å². The number of allylic oxidation sites excluding steroid dienone is 1. The van der Waals surface area contributed by atoms with Gasteiger partial charge in [0.05, 0.1) is 44.2 Å². The van der Waals surface area contributed by atoms with Gasteiger partial charge in [0.15, 0.2) is 13.6 Å². The summed E-state index contributed by atoms with van der Waals surface area (Å²) in [6.07, 6.45) is 0. The van der Waals surface area contributed by atoms with Crippen LogP contribution in [0.4, 0.5) is 4.39 Å². The molecule has 124 valence electrons. The summed E-state index contributed by atoms with van der Waals surface area (Å²) in [7, 11) is 1.73. The van der Waals surface area contributed by atoms with Gasteiger partial charge in [0.2, 0.25) is 0 Å². The van der Waals surface area contributed by atoms with Crippen molar-refractivity contribution in [2.75, 3.05) is 6.51 Å². The van der Waals surface area contributed by atoms with Crippen LogP contribution in [0.1, 0.15) is 30.0 Å². The Morgan fingerprint density at radius 1 is 1.46 bits per heavy atom. The van der Waals surface area contributed by atoms with Gasteiger partial charge in [-0.2, -0.15) is 0 Å². The number of aliphatic hydroxyl groups excluding tert-OH is 1. The largest absolute Gasteiger partial charge is 0.506 e. The second-order valence-corrected chi connectivity index (χ2v) is 7.14. The molecular weight excluding hydrogens is 352 g/mol. The zero-order valence-corrected chi connectivity index (χ0v) is 14.9. The van der Waals surface area contributed by atoms with E-state index in [1.807, 2.05) is 0 Å². The summed E-state index contributed by atoms with van der Waals surface area (Å²) in [5.74, 6) is -1.35. The van der Waals surface area contributed by atoms with Crippen molar-refractivity contribution in [1.29, 1.82) is 0 Å². The Morgan fingerprint density at radius 2 is 2.17 bits per heavy atom. The van der Waals surface area contributed by atoms with Crippen molar-refractivity contribution in [3.8, 4) is 5.75 Å². The van der Waals surface area contributed by atoms with Crippen LogP contribution < -0.4 is 4.74 Å². The van der Waals surface area contributed by atoms with Crippen molar-refractivity contribution in [2.24, 2.45) is 0 Å². The minimum atomic E-state index is -0.991. The molecule has 0 amide bonds. The normalized spacial score (nSPS) is 16.2. The van der Waals surface area contributed by atoms with E-state index < -0.39 is 17.0 Å². The first-order chi connectivity index (χ1) is 11.3. The second-order valence-electron chi connectivity index (χ2n) is 5.87. The number of fused-ring (bicyclic) bond motifs is 1. The minimum absolute atomic E-state index is 0.0535. The van der Waals surface area contributed by atoms with Gasteiger partial charge in [-0.25, -0.2) is 9.37 Å². The Labute approximate surface area is 148 Å². The highest BCUT2D eigenvalue weighted by Crippen LogP contribution is 2.47. The number of hydrogen-bond donors (Lipinski definition) is 1. The SMILES string of the molecule is BCOc1c(Cl)ccc(F)c1C1=C(O)c2scnc2C(C)(C)C1=O. The van der Waals surface area contributed by atoms with Gasteiger partial charge < -0.3 is 9.84 Å². The van der Waals surface area contributed by atoms with E-state index in [9.17, 15) is 14.3 Å². The standard InChI is InChI=1S/C16H14BClFNO3S/c1-16(2)14-13(24-6-20-14)11(21)10(15(16)22)9-8(19)4-3-7(18)12(9)23-5-17/h3-4,6,21H,5,17H2,1-2H3. The minimum Gasteiger partial charge on any atom is -0.506 e. The molecule has 3 rings (SSSR count).